The van der Waals surface area contributed by atoms with Crippen LogP contribution in [0.2, 0.25) is 5.02 Å². The van der Waals surface area contributed by atoms with E-state index in [1.807, 2.05) is 30.3 Å². The fourth-order valence-electron chi connectivity index (χ4n) is 2.13. The molecule has 0 aliphatic carbocycles. The van der Waals surface area contributed by atoms with Gasteiger partial charge in [0, 0.05) is 5.56 Å². The van der Waals surface area contributed by atoms with Crippen LogP contribution >= 0.6 is 11.6 Å². The molecule has 3 rings (SSSR count). The highest BCUT2D eigenvalue weighted by Crippen LogP contribution is 2.33. The molecule has 0 saturated heterocycles. The standard InChI is InChI=1S/C15H12ClN3O2/c1-2-21-15(20)11-12(16)10-8-17-19-14(10)18-13(11)9-6-4-3-5-7-9/h3-8H,2H2,1H3,(H,17,18,19). The van der Waals surface area contributed by atoms with Crippen LogP contribution in [0.4, 0.5) is 0 Å². The van der Waals surface area contributed by atoms with Crippen molar-refractivity contribution in [2.24, 2.45) is 0 Å². The fraction of sp³-hybridized carbons (Fsp3) is 0.133. The van der Waals surface area contributed by atoms with Gasteiger partial charge in [-0.15, -0.1) is 0 Å². The van der Waals surface area contributed by atoms with E-state index in [2.05, 4.69) is 15.2 Å². The number of ether oxygens (including phenoxy) is 1. The number of hydrogen-bond acceptors (Lipinski definition) is 4. The van der Waals surface area contributed by atoms with Crippen LogP contribution in [0.3, 0.4) is 0 Å². The maximum absolute atomic E-state index is 12.2. The predicted octanol–water partition coefficient (Wildman–Crippen LogP) is 3.46. The molecule has 21 heavy (non-hydrogen) atoms. The summed E-state index contributed by atoms with van der Waals surface area (Å²) in [5.41, 5.74) is 2.07. The molecule has 5 nitrogen and oxygen atoms in total. The van der Waals surface area contributed by atoms with Crippen molar-refractivity contribution in [1.29, 1.82) is 0 Å². The van der Waals surface area contributed by atoms with Gasteiger partial charge in [-0.2, -0.15) is 5.10 Å². The van der Waals surface area contributed by atoms with E-state index >= 15 is 0 Å². The number of aromatic amines is 1. The molecule has 0 unspecified atom stereocenters. The second kappa shape index (κ2) is 5.54. The monoisotopic (exact) mass is 301 g/mol. The van der Waals surface area contributed by atoms with Crippen LogP contribution in [0.1, 0.15) is 17.3 Å². The minimum absolute atomic E-state index is 0.263. The van der Waals surface area contributed by atoms with E-state index in [-0.39, 0.29) is 12.2 Å². The molecule has 106 valence electrons. The molecule has 0 bridgehead atoms. The molecule has 0 amide bonds. The Kier molecular flexibility index (Phi) is 3.58. The molecule has 6 heteroatoms. The zero-order chi connectivity index (χ0) is 14.8. The Morgan fingerprint density at radius 1 is 1.33 bits per heavy atom. The van der Waals surface area contributed by atoms with Crippen molar-refractivity contribution in [2.45, 2.75) is 6.92 Å². The Balaban J connectivity index is 2.30. The van der Waals surface area contributed by atoms with Gasteiger partial charge in [-0.1, -0.05) is 41.9 Å². The average Bonchev–Trinajstić information content (AvgIpc) is 2.97. The molecule has 3 aromatic rings. The van der Waals surface area contributed by atoms with Gasteiger partial charge < -0.3 is 4.74 Å². The number of rotatable bonds is 3. The average molecular weight is 302 g/mol. The van der Waals surface area contributed by atoms with Gasteiger partial charge in [-0.05, 0) is 6.92 Å². The second-order valence-corrected chi connectivity index (χ2v) is 4.75. The van der Waals surface area contributed by atoms with Crippen LogP contribution in [-0.4, -0.2) is 27.8 Å². The highest BCUT2D eigenvalue weighted by Gasteiger charge is 2.23. The maximum Gasteiger partial charge on any atom is 0.341 e. The summed E-state index contributed by atoms with van der Waals surface area (Å²) in [6.07, 6.45) is 1.54. The number of fused-ring (bicyclic) bond motifs is 1. The number of H-pyrrole nitrogens is 1. The molecule has 0 aliphatic heterocycles. The number of halogens is 1. The third-order valence-electron chi connectivity index (χ3n) is 3.06. The minimum Gasteiger partial charge on any atom is -0.462 e. The van der Waals surface area contributed by atoms with Crippen LogP contribution in [0, 0.1) is 0 Å². The van der Waals surface area contributed by atoms with E-state index in [0.717, 1.165) is 5.56 Å². The highest BCUT2D eigenvalue weighted by atomic mass is 35.5. The predicted molar refractivity (Wildman–Crippen MR) is 80.3 cm³/mol. The van der Waals surface area contributed by atoms with Crippen molar-refractivity contribution in [3.8, 4) is 11.3 Å². The number of carbonyl (C=O) groups excluding carboxylic acids is 1. The number of aromatic nitrogens is 3. The van der Waals surface area contributed by atoms with Crippen LogP contribution in [-0.2, 0) is 4.74 Å². The van der Waals surface area contributed by atoms with Crippen LogP contribution in [0.25, 0.3) is 22.3 Å². The summed E-state index contributed by atoms with van der Waals surface area (Å²) in [5.74, 6) is -0.489. The molecule has 0 fully saturated rings. The van der Waals surface area contributed by atoms with E-state index in [0.29, 0.717) is 21.7 Å². The van der Waals surface area contributed by atoms with Gasteiger partial charge in [0.25, 0.3) is 0 Å². The van der Waals surface area contributed by atoms with Gasteiger partial charge in [0.1, 0.15) is 5.56 Å². The smallest absolute Gasteiger partial charge is 0.341 e. The third-order valence-corrected chi connectivity index (χ3v) is 3.45. The largest absolute Gasteiger partial charge is 0.462 e. The first-order valence-corrected chi connectivity index (χ1v) is 6.85. The third kappa shape index (κ3) is 2.36. The summed E-state index contributed by atoms with van der Waals surface area (Å²) in [6.45, 7) is 2.02. The van der Waals surface area contributed by atoms with Gasteiger partial charge in [-0.25, -0.2) is 9.78 Å². The molecular formula is C15H12ClN3O2. The lowest BCUT2D eigenvalue weighted by atomic mass is 10.0. The van der Waals surface area contributed by atoms with Crippen molar-refractivity contribution in [3.05, 3.63) is 47.1 Å². The number of benzene rings is 1. The van der Waals surface area contributed by atoms with Crippen LogP contribution in [0.5, 0.6) is 0 Å². The SMILES string of the molecule is CCOC(=O)c1c(-c2ccccc2)nc2[nH]ncc2c1Cl. The van der Waals surface area contributed by atoms with E-state index in [9.17, 15) is 4.79 Å². The fourth-order valence-corrected chi connectivity index (χ4v) is 2.43. The molecule has 0 saturated carbocycles. The van der Waals surface area contributed by atoms with E-state index < -0.39 is 5.97 Å². The van der Waals surface area contributed by atoms with E-state index in [1.165, 1.54) is 0 Å². The first-order chi connectivity index (χ1) is 10.2. The summed E-state index contributed by atoms with van der Waals surface area (Å²) in [5, 5.41) is 7.58. The lowest BCUT2D eigenvalue weighted by Crippen LogP contribution is -2.09. The number of esters is 1. The second-order valence-electron chi connectivity index (χ2n) is 4.37. The molecule has 2 aromatic heterocycles. The highest BCUT2D eigenvalue weighted by molar-refractivity contribution is 6.38. The molecular weight excluding hydrogens is 290 g/mol. The van der Waals surface area contributed by atoms with Gasteiger partial charge in [0.15, 0.2) is 5.65 Å². The Bertz CT molecular complexity index is 799. The number of carbonyl (C=O) groups is 1. The lowest BCUT2D eigenvalue weighted by molar-refractivity contribution is 0.0527. The summed E-state index contributed by atoms with van der Waals surface area (Å²) in [7, 11) is 0. The first kappa shape index (κ1) is 13.6. The number of pyridine rings is 1. The normalized spacial score (nSPS) is 10.8. The minimum atomic E-state index is -0.489. The van der Waals surface area contributed by atoms with Crippen molar-refractivity contribution in [3.63, 3.8) is 0 Å². The first-order valence-electron chi connectivity index (χ1n) is 6.47. The van der Waals surface area contributed by atoms with Gasteiger partial charge in [0.2, 0.25) is 0 Å². The number of nitrogens with one attached hydrogen (secondary N) is 1. The lowest BCUT2D eigenvalue weighted by Gasteiger charge is -2.10. The Morgan fingerprint density at radius 3 is 2.81 bits per heavy atom. The maximum atomic E-state index is 12.2. The Labute approximate surface area is 125 Å². The molecule has 0 spiro atoms. The van der Waals surface area contributed by atoms with Crippen molar-refractivity contribution < 1.29 is 9.53 Å². The van der Waals surface area contributed by atoms with E-state index in [4.69, 9.17) is 16.3 Å². The van der Waals surface area contributed by atoms with Gasteiger partial charge in [-0.3, -0.25) is 5.10 Å². The van der Waals surface area contributed by atoms with Gasteiger partial charge >= 0.3 is 5.97 Å². The summed E-state index contributed by atoms with van der Waals surface area (Å²) in [4.78, 5) is 16.7. The molecule has 0 radical (unpaired) electrons. The summed E-state index contributed by atoms with van der Waals surface area (Å²) in [6, 6.07) is 9.37. The Morgan fingerprint density at radius 2 is 2.10 bits per heavy atom. The summed E-state index contributed by atoms with van der Waals surface area (Å²) >= 11 is 6.37. The van der Waals surface area contributed by atoms with E-state index in [1.54, 1.807) is 13.1 Å². The molecule has 1 aromatic carbocycles. The molecule has 2 heterocycles. The Hall–Kier alpha value is -2.40. The van der Waals surface area contributed by atoms with Gasteiger partial charge in [0.05, 0.1) is 28.9 Å². The molecule has 1 N–H and O–H groups in total. The van der Waals surface area contributed by atoms with Crippen molar-refractivity contribution in [1.82, 2.24) is 15.2 Å². The van der Waals surface area contributed by atoms with Crippen LogP contribution in [0.15, 0.2) is 36.5 Å². The zero-order valence-corrected chi connectivity index (χ0v) is 12.0. The van der Waals surface area contributed by atoms with Crippen molar-refractivity contribution >= 4 is 28.6 Å². The van der Waals surface area contributed by atoms with Crippen molar-refractivity contribution in [2.75, 3.05) is 6.61 Å². The number of nitrogens with zero attached hydrogens (tertiary/aromatic N) is 2. The van der Waals surface area contributed by atoms with Crippen LogP contribution < -0.4 is 0 Å². The molecule has 0 atom stereocenters. The topological polar surface area (TPSA) is 67.9 Å². The zero-order valence-electron chi connectivity index (χ0n) is 11.3. The molecule has 0 aliphatic rings. The summed E-state index contributed by atoms with van der Waals surface area (Å²) < 4.78 is 5.10. The quantitative estimate of drug-likeness (QED) is 0.752. The number of hydrogen-bond donors (Lipinski definition) is 1.